The summed E-state index contributed by atoms with van der Waals surface area (Å²) in [5, 5.41) is 12.4. The Kier molecular flexibility index (Phi) is 5.95. The van der Waals surface area contributed by atoms with Gasteiger partial charge in [-0.3, -0.25) is 9.59 Å². The number of amides is 1. The van der Waals surface area contributed by atoms with Gasteiger partial charge in [-0.2, -0.15) is 0 Å². The highest BCUT2D eigenvalue weighted by molar-refractivity contribution is 7.12. The van der Waals surface area contributed by atoms with E-state index in [1.54, 1.807) is 11.3 Å². The van der Waals surface area contributed by atoms with Gasteiger partial charge in [-0.1, -0.05) is 12.1 Å². The van der Waals surface area contributed by atoms with Crippen LogP contribution in [0.1, 0.15) is 56.9 Å². The van der Waals surface area contributed by atoms with E-state index < -0.39 is 5.97 Å². The molecule has 2 aromatic rings. The summed E-state index contributed by atoms with van der Waals surface area (Å²) in [5.41, 5.74) is 4.54. The molecule has 1 aromatic carbocycles. The Labute approximate surface area is 198 Å². The number of aryl methyl sites for hydroxylation is 2. The highest BCUT2D eigenvalue weighted by Crippen LogP contribution is 2.58. The van der Waals surface area contributed by atoms with Crippen LogP contribution in [-0.2, 0) is 16.0 Å². The average Bonchev–Trinajstić information content (AvgIpc) is 3.02. The lowest BCUT2D eigenvalue weighted by Gasteiger charge is -2.56. The molecule has 33 heavy (non-hydrogen) atoms. The summed E-state index contributed by atoms with van der Waals surface area (Å²) in [6.45, 7) is 7.53. The molecule has 3 aliphatic rings. The molecule has 1 spiro atoms. The van der Waals surface area contributed by atoms with Gasteiger partial charge in [0.2, 0.25) is 0 Å². The summed E-state index contributed by atoms with van der Waals surface area (Å²) in [5.74, 6) is -0.851. The zero-order chi connectivity index (χ0) is 23.2. The van der Waals surface area contributed by atoms with Crippen molar-refractivity contribution in [2.24, 2.45) is 11.3 Å². The first kappa shape index (κ1) is 22.4. The van der Waals surface area contributed by atoms with Crippen LogP contribution in [0.3, 0.4) is 0 Å². The Morgan fingerprint density at radius 1 is 1.09 bits per heavy atom. The summed E-state index contributed by atoms with van der Waals surface area (Å²) >= 11 is 1.69. The van der Waals surface area contributed by atoms with Crippen molar-refractivity contribution >= 4 is 28.9 Å². The van der Waals surface area contributed by atoms with Gasteiger partial charge in [0, 0.05) is 34.6 Å². The Balaban J connectivity index is 1.23. The summed E-state index contributed by atoms with van der Waals surface area (Å²) in [7, 11) is 0. The van der Waals surface area contributed by atoms with Crippen molar-refractivity contribution in [1.29, 1.82) is 0 Å². The van der Waals surface area contributed by atoms with Crippen molar-refractivity contribution in [3.05, 3.63) is 50.7 Å². The minimum Gasteiger partial charge on any atom is -0.481 e. The molecular weight excluding hydrogens is 436 g/mol. The fraction of sp³-hybridized carbons (Fsp3) is 0.538. The molecule has 2 saturated carbocycles. The fourth-order valence-electron chi connectivity index (χ4n) is 5.93. The van der Waals surface area contributed by atoms with Crippen LogP contribution < -0.4 is 10.2 Å². The van der Waals surface area contributed by atoms with Crippen molar-refractivity contribution in [1.82, 2.24) is 5.32 Å². The molecule has 1 saturated heterocycles. The van der Waals surface area contributed by atoms with Crippen LogP contribution in [0.4, 0.5) is 5.69 Å². The van der Waals surface area contributed by atoms with Crippen LogP contribution in [0.5, 0.6) is 0 Å². The monoisotopic (exact) mass is 468 g/mol. The Morgan fingerprint density at radius 3 is 2.39 bits per heavy atom. The number of nitrogens with one attached hydrogen (secondary N) is 1. The Hall–Kier alpha value is -2.38. The lowest BCUT2D eigenvalue weighted by molar-refractivity contribution is -0.155. The third-order valence-electron chi connectivity index (χ3n) is 7.71. The van der Waals surface area contributed by atoms with Crippen molar-refractivity contribution in [2.75, 3.05) is 31.2 Å². The van der Waals surface area contributed by atoms with Gasteiger partial charge in [0.15, 0.2) is 0 Å². The number of thiophene rings is 1. The maximum atomic E-state index is 13.2. The van der Waals surface area contributed by atoms with E-state index in [1.807, 2.05) is 6.92 Å². The first-order chi connectivity index (χ1) is 15.8. The fourth-order valence-corrected chi connectivity index (χ4v) is 7.00. The van der Waals surface area contributed by atoms with E-state index in [4.69, 9.17) is 9.84 Å². The molecule has 5 rings (SSSR count). The second-order valence-electron chi connectivity index (χ2n) is 10.0. The highest BCUT2D eigenvalue weighted by atomic mass is 32.1. The normalized spacial score (nSPS) is 26.5. The summed E-state index contributed by atoms with van der Waals surface area (Å²) < 4.78 is 5.45. The quantitative estimate of drug-likeness (QED) is 0.665. The molecule has 0 radical (unpaired) electrons. The number of carboxylic acids is 1. The van der Waals surface area contributed by atoms with E-state index in [1.165, 1.54) is 16.1 Å². The molecule has 1 amide bonds. The Bertz CT molecular complexity index is 1040. The summed E-state index contributed by atoms with van der Waals surface area (Å²) in [6, 6.07) is 8.85. The van der Waals surface area contributed by atoms with E-state index >= 15 is 0 Å². The lowest BCUT2D eigenvalue weighted by atomic mass is 9.50. The van der Waals surface area contributed by atoms with Gasteiger partial charge >= 0.3 is 5.97 Å². The van der Waals surface area contributed by atoms with Crippen LogP contribution in [0.2, 0.25) is 0 Å². The standard InChI is InChI=1S/C26H32N2O4S/c1-16-22(11-18-3-5-21(6-4-18)28-7-9-32-10-8-28)23(17(2)33-16)24(29)27-20-14-26(15-20)12-19(13-26)25(30)31/h3-6,19-20H,7-15H2,1-2H3,(H,27,29)(H,30,31). The molecule has 2 aliphatic carbocycles. The maximum Gasteiger partial charge on any atom is 0.306 e. The SMILES string of the molecule is Cc1sc(C)c(C(=O)NC2CC3(C2)CC(C(=O)O)C3)c1Cc1ccc(N2CCOCC2)cc1. The molecular formula is C26H32N2O4S. The van der Waals surface area contributed by atoms with E-state index in [2.05, 4.69) is 41.4 Å². The van der Waals surface area contributed by atoms with E-state index in [9.17, 15) is 9.59 Å². The first-order valence-corrected chi connectivity index (χ1v) is 12.7. The van der Waals surface area contributed by atoms with Crippen LogP contribution in [0.15, 0.2) is 24.3 Å². The largest absolute Gasteiger partial charge is 0.481 e. The predicted molar refractivity (Wildman–Crippen MR) is 129 cm³/mol. The smallest absolute Gasteiger partial charge is 0.306 e. The number of carbonyl (C=O) groups is 2. The number of anilines is 1. The molecule has 0 atom stereocenters. The predicted octanol–water partition coefficient (Wildman–Crippen LogP) is 4.17. The van der Waals surface area contributed by atoms with Gasteiger partial charge in [-0.05, 0) is 74.6 Å². The first-order valence-electron chi connectivity index (χ1n) is 11.9. The minimum atomic E-state index is -0.680. The zero-order valence-corrected chi connectivity index (χ0v) is 20.2. The molecule has 6 nitrogen and oxygen atoms in total. The topological polar surface area (TPSA) is 78.9 Å². The molecule has 176 valence electrons. The van der Waals surface area contributed by atoms with Gasteiger partial charge in [0.25, 0.3) is 5.91 Å². The summed E-state index contributed by atoms with van der Waals surface area (Å²) in [6.07, 6.45) is 4.08. The van der Waals surface area contributed by atoms with E-state index in [0.717, 1.165) is 74.4 Å². The van der Waals surface area contributed by atoms with E-state index in [0.29, 0.717) is 0 Å². The number of hydrogen-bond acceptors (Lipinski definition) is 5. The highest BCUT2D eigenvalue weighted by Gasteiger charge is 2.55. The van der Waals surface area contributed by atoms with Crippen LogP contribution in [-0.4, -0.2) is 49.3 Å². The van der Waals surface area contributed by atoms with Crippen LogP contribution in [0.25, 0.3) is 0 Å². The minimum absolute atomic E-state index is 0.0192. The van der Waals surface area contributed by atoms with Gasteiger partial charge < -0.3 is 20.1 Å². The average molecular weight is 469 g/mol. The number of benzene rings is 1. The third kappa shape index (κ3) is 4.41. The number of rotatable bonds is 6. The second-order valence-corrected chi connectivity index (χ2v) is 11.5. The molecule has 0 unspecified atom stereocenters. The van der Waals surface area contributed by atoms with Gasteiger partial charge in [-0.25, -0.2) is 0 Å². The zero-order valence-electron chi connectivity index (χ0n) is 19.4. The van der Waals surface area contributed by atoms with E-state index in [-0.39, 0.29) is 23.3 Å². The van der Waals surface area contributed by atoms with Crippen LogP contribution >= 0.6 is 11.3 Å². The third-order valence-corrected chi connectivity index (χ3v) is 8.77. The molecule has 0 bridgehead atoms. The molecule has 1 aliphatic heterocycles. The molecule has 2 N–H and O–H groups in total. The molecule has 3 fully saturated rings. The molecule has 7 heteroatoms. The number of nitrogens with zero attached hydrogens (tertiary/aromatic N) is 1. The van der Waals surface area contributed by atoms with Gasteiger partial charge in [-0.15, -0.1) is 11.3 Å². The number of aliphatic carboxylic acids is 1. The second kappa shape index (κ2) is 8.76. The number of ether oxygens (including phenoxy) is 1. The number of hydrogen-bond donors (Lipinski definition) is 2. The van der Waals surface area contributed by atoms with Crippen molar-refractivity contribution in [3.8, 4) is 0 Å². The van der Waals surface area contributed by atoms with Gasteiger partial charge in [0.1, 0.15) is 0 Å². The number of morpholine rings is 1. The maximum absolute atomic E-state index is 13.2. The van der Waals surface area contributed by atoms with Gasteiger partial charge in [0.05, 0.1) is 24.7 Å². The lowest BCUT2D eigenvalue weighted by Crippen LogP contribution is -2.57. The number of carboxylic acid groups (broad SMARTS) is 1. The van der Waals surface area contributed by atoms with Crippen molar-refractivity contribution in [2.45, 2.75) is 52.0 Å². The summed E-state index contributed by atoms with van der Waals surface area (Å²) in [4.78, 5) is 28.9. The van der Waals surface area contributed by atoms with Crippen molar-refractivity contribution in [3.63, 3.8) is 0 Å². The van der Waals surface area contributed by atoms with Crippen molar-refractivity contribution < 1.29 is 19.4 Å². The number of carbonyl (C=O) groups excluding carboxylic acids is 1. The molecule has 1 aromatic heterocycles. The molecule has 2 heterocycles. The Morgan fingerprint density at radius 2 is 1.76 bits per heavy atom. The van der Waals surface area contributed by atoms with Crippen LogP contribution in [0, 0.1) is 25.2 Å².